The van der Waals surface area contributed by atoms with Crippen LogP contribution in [0.5, 0.6) is 0 Å². The molecule has 0 radical (unpaired) electrons. The van der Waals surface area contributed by atoms with Gasteiger partial charge in [-0.3, -0.25) is 0 Å². The lowest BCUT2D eigenvalue weighted by Crippen LogP contribution is -2.36. The topological polar surface area (TPSA) is 15.3 Å². The van der Waals surface area contributed by atoms with Crippen LogP contribution in [0.3, 0.4) is 0 Å². The first-order valence-electron chi connectivity index (χ1n) is 8.34. The summed E-state index contributed by atoms with van der Waals surface area (Å²) in [5.74, 6) is 0.776. The van der Waals surface area contributed by atoms with E-state index in [-0.39, 0.29) is 0 Å². The van der Waals surface area contributed by atoms with Crippen LogP contribution in [0, 0.1) is 5.92 Å². The Morgan fingerprint density at radius 1 is 1.29 bits per heavy atom. The monoisotopic (exact) mass is 352 g/mol. The molecule has 1 aliphatic heterocycles. The van der Waals surface area contributed by atoms with Crippen LogP contribution in [0.25, 0.3) is 0 Å². The van der Waals surface area contributed by atoms with Gasteiger partial charge in [-0.1, -0.05) is 48.8 Å². The highest BCUT2D eigenvalue weighted by atomic mass is 79.9. The molecule has 1 fully saturated rings. The molecule has 1 aromatic carbocycles. The summed E-state index contributed by atoms with van der Waals surface area (Å²) in [5.41, 5.74) is 1.40. The number of benzene rings is 1. The quantitative estimate of drug-likeness (QED) is 0.770. The van der Waals surface area contributed by atoms with Crippen molar-refractivity contribution in [2.45, 2.75) is 52.1 Å². The normalized spacial score (nSPS) is 21.1. The molecule has 1 saturated heterocycles. The van der Waals surface area contributed by atoms with E-state index < -0.39 is 0 Å². The van der Waals surface area contributed by atoms with Crippen molar-refractivity contribution in [2.75, 3.05) is 19.6 Å². The summed E-state index contributed by atoms with van der Waals surface area (Å²) in [6, 6.07) is 10.0. The van der Waals surface area contributed by atoms with Crippen molar-refractivity contribution in [3.8, 4) is 0 Å². The predicted octanol–water partition coefficient (Wildman–Crippen LogP) is 4.61. The molecule has 0 saturated carbocycles. The van der Waals surface area contributed by atoms with E-state index in [0.29, 0.717) is 6.04 Å². The van der Waals surface area contributed by atoms with Crippen molar-refractivity contribution in [3.05, 3.63) is 34.3 Å². The summed E-state index contributed by atoms with van der Waals surface area (Å²) in [5, 5.41) is 3.64. The minimum absolute atomic E-state index is 0.469. The van der Waals surface area contributed by atoms with Crippen molar-refractivity contribution in [1.82, 2.24) is 10.2 Å². The fourth-order valence-electron chi connectivity index (χ4n) is 3.51. The molecule has 1 aliphatic rings. The van der Waals surface area contributed by atoms with Gasteiger partial charge in [0.25, 0.3) is 0 Å². The molecular weight excluding hydrogens is 324 g/mol. The van der Waals surface area contributed by atoms with Gasteiger partial charge in [-0.05, 0) is 56.0 Å². The first-order valence-corrected chi connectivity index (χ1v) is 9.14. The Labute approximate surface area is 138 Å². The Hall–Kier alpha value is -0.380. The number of rotatable bonds is 7. The van der Waals surface area contributed by atoms with Gasteiger partial charge in [0.15, 0.2) is 0 Å². The SMILES string of the molecule is CCNC(CCN1CCCC1C(C)C)c1ccc(Br)cc1. The third-order valence-corrected chi connectivity index (χ3v) is 5.14. The maximum atomic E-state index is 3.64. The summed E-state index contributed by atoms with van der Waals surface area (Å²) in [4.78, 5) is 2.70. The van der Waals surface area contributed by atoms with E-state index in [9.17, 15) is 0 Å². The molecule has 2 unspecified atom stereocenters. The molecule has 0 aliphatic carbocycles. The molecular formula is C18H29BrN2. The van der Waals surface area contributed by atoms with Crippen molar-refractivity contribution < 1.29 is 0 Å². The van der Waals surface area contributed by atoms with Crippen LogP contribution in [0.4, 0.5) is 0 Å². The molecule has 2 nitrogen and oxygen atoms in total. The summed E-state index contributed by atoms with van der Waals surface area (Å²) >= 11 is 3.52. The van der Waals surface area contributed by atoms with Crippen molar-refractivity contribution >= 4 is 15.9 Å². The zero-order valence-electron chi connectivity index (χ0n) is 13.6. The molecule has 1 aromatic rings. The first kappa shape index (κ1) is 17.0. The van der Waals surface area contributed by atoms with E-state index in [1.165, 1.54) is 37.9 Å². The van der Waals surface area contributed by atoms with E-state index in [0.717, 1.165) is 23.0 Å². The van der Waals surface area contributed by atoms with E-state index in [2.05, 4.69) is 71.2 Å². The van der Waals surface area contributed by atoms with Gasteiger partial charge in [-0.2, -0.15) is 0 Å². The maximum absolute atomic E-state index is 3.64. The van der Waals surface area contributed by atoms with Crippen LogP contribution in [-0.2, 0) is 0 Å². The standard InChI is InChI=1S/C18H29BrN2/c1-4-20-17(15-7-9-16(19)10-8-15)11-13-21-12-5-6-18(21)14(2)3/h7-10,14,17-18,20H,4-6,11-13H2,1-3H3. The van der Waals surface area contributed by atoms with E-state index >= 15 is 0 Å². The molecule has 1 N–H and O–H groups in total. The molecule has 1 heterocycles. The van der Waals surface area contributed by atoms with Crippen LogP contribution < -0.4 is 5.32 Å². The third kappa shape index (κ3) is 4.80. The van der Waals surface area contributed by atoms with Crippen molar-refractivity contribution in [1.29, 1.82) is 0 Å². The lowest BCUT2D eigenvalue weighted by atomic mass is 10.0. The number of hydrogen-bond acceptors (Lipinski definition) is 2. The molecule has 2 atom stereocenters. The zero-order chi connectivity index (χ0) is 15.2. The Balaban J connectivity index is 1.95. The van der Waals surface area contributed by atoms with Crippen molar-refractivity contribution in [2.24, 2.45) is 5.92 Å². The number of halogens is 1. The molecule has 0 amide bonds. The van der Waals surface area contributed by atoms with Gasteiger partial charge in [0.05, 0.1) is 0 Å². The number of likely N-dealkylation sites (tertiary alicyclic amines) is 1. The lowest BCUT2D eigenvalue weighted by molar-refractivity contribution is 0.197. The highest BCUT2D eigenvalue weighted by molar-refractivity contribution is 9.10. The Kier molecular flexibility index (Phi) is 6.72. The number of nitrogens with one attached hydrogen (secondary N) is 1. The van der Waals surface area contributed by atoms with Crippen LogP contribution in [-0.4, -0.2) is 30.6 Å². The van der Waals surface area contributed by atoms with E-state index in [4.69, 9.17) is 0 Å². The smallest absolute Gasteiger partial charge is 0.0332 e. The molecule has 2 rings (SSSR count). The Morgan fingerprint density at radius 3 is 2.62 bits per heavy atom. The molecule has 21 heavy (non-hydrogen) atoms. The predicted molar refractivity (Wildman–Crippen MR) is 94.6 cm³/mol. The van der Waals surface area contributed by atoms with Crippen LogP contribution in [0.15, 0.2) is 28.7 Å². The largest absolute Gasteiger partial charge is 0.310 e. The van der Waals surface area contributed by atoms with Crippen LogP contribution in [0.1, 0.15) is 51.6 Å². The second kappa shape index (κ2) is 8.30. The maximum Gasteiger partial charge on any atom is 0.0332 e. The van der Waals surface area contributed by atoms with Crippen LogP contribution >= 0.6 is 15.9 Å². The molecule has 0 aromatic heterocycles. The van der Waals surface area contributed by atoms with Crippen molar-refractivity contribution in [3.63, 3.8) is 0 Å². The van der Waals surface area contributed by atoms with E-state index in [1.807, 2.05) is 0 Å². The summed E-state index contributed by atoms with van der Waals surface area (Å²) in [6.07, 6.45) is 3.94. The van der Waals surface area contributed by atoms with Gasteiger partial charge in [0.1, 0.15) is 0 Å². The fourth-order valence-corrected chi connectivity index (χ4v) is 3.77. The second-order valence-corrected chi connectivity index (χ2v) is 7.36. The number of hydrogen-bond donors (Lipinski definition) is 1. The number of nitrogens with zero attached hydrogens (tertiary/aromatic N) is 1. The van der Waals surface area contributed by atoms with Crippen LogP contribution in [0.2, 0.25) is 0 Å². The van der Waals surface area contributed by atoms with Gasteiger partial charge in [0, 0.05) is 23.1 Å². The first-order chi connectivity index (χ1) is 10.1. The lowest BCUT2D eigenvalue weighted by Gasteiger charge is -2.29. The van der Waals surface area contributed by atoms with E-state index in [1.54, 1.807) is 0 Å². The highest BCUT2D eigenvalue weighted by Crippen LogP contribution is 2.26. The fraction of sp³-hybridized carbons (Fsp3) is 0.667. The average molecular weight is 353 g/mol. The highest BCUT2D eigenvalue weighted by Gasteiger charge is 2.27. The summed E-state index contributed by atoms with van der Waals surface area (Å²) in [6.45, 7) is 10.4. The molecule has 0 spiro atoms. The van der Waals surface area contributed by atoms with Gasteiger partial charge in [-0.15, -0.1) is 0 Å². The second-order valence-electron chi connectivity index (χ2n) is 6.44. The summed E-state index contributed by atoms with van der Waals surface area (Å²) in [7, 11) is 0. The average Bonchev–Trinajstić information content (AvgIpc) is 2.93. The minimum Gasteiger partial charge on any atom is -0.310 e. The Morgan fingerprint density at radius 2 is 2.00 bits per heavy atom. The Bertz CT molecular complexity index is 416. The molecule has 0 bridgehead atoms. The zero-order valence-corrected chi connectivity index (χ0v) is 15.2. The summed E-state index contributed by atoms with van der Waals surface area (Å²) < 4.78 is 1.15. The minimum atomic E-state index is 0.469. The van der Waals surface area contributed by atoms with Gasteiger partial charge >= 0.3 is 0 Å². The molecule has 3 heteroatoms. The molecule has 118 valence electrons. The van der Waals surface area contributed by atoms with Gasteiger partial charge < -0.3 is 10.2 Å². The van der Waals surface area contributed by atoms with Gasteiger partial charge in [0.2, 0.25) is 0 Å². The van der Waals surface area contributed by atoms with Gasteiger partial charge in [-0.25, -0.2) is 0 Å². The third-order valence-electron chi connectivity index (χ3n) is 4.61.